The zero-order chi connectivity index (χ0) is 12.7. The summed E-state index contributed by atoms with van der Waals surface area (Å²) in [6.45, 7) is 6.91. The number of nitrogens with zero attached hydrogens (tertiary/aromatic N) is 2. The summed E-state index contributed by atoms with van der Waals surface area (Å²) in [5.41, 5.74) is 0. The van der Waals surface area contributed by atoms with Crippen LogP contribution in [0, 0.1) is 6.92 Å². The van der Waals surface area contributed by atoms with Gasteiger partial charge in [-0.05, 0) is 13.3 Å². The molecule has 0 fully saturated rings. The zero-order valence-electron chi connectivity index (χ0n) is 10.6. The number of hydrogen-bond acceptors (Lipinski definition) is 5. The number of nitrogens with one attached hydrogen (secondary N) is 2. The van der Waals surface area contributed by atoms with Gasteiger partial charge in [0.1, 0.15) is 0 Å². The SMILES string of the molecule is CCC(C)NC(=O)CCNCc1noc(C)n1. The Morgan fingerprint density at radius 2 is 2.29 bits per heavy atom. The van der Waals surface area contributed by atoms with Gasteiger partial charge < -0.3 is 15.2 Å². The molecule has 0 aliphatic carbocycles. The molecule has 0 aliphatic heterocycles. The molecular weight excluding hydrogens is 220 g/mol. The van der Waals surface area contributed by atoms with Crippen molar-refractivity contribution in [3.63, 3.8) is 0 Å². The fourth-order valence-corrected chi connectivity index (χ4v) is 1.26. The maximum Gasteiger partial charge on any atom is 0.223 e. The lowest BCUT2D eigenvalue weighted by atomic mass is 10.2. The molecule has 1 unspecified atom stereocenters. The van der Waals surface area contributed by atoms with Crippen molar-refractivity contribution >= 4 is 5.91 Å². The molecule has 0 aliphatic rings. The maximum atomic E-state index is 11.4. The summed E-state index contributed by atoms with van der Waals surface area (Å²) < 4.78 is 4.83. The molecule has 6 nitrogen and oxygen atoms in total. The van der Waals surface area contributed by atoms with Gasteiger partial charge in [0.2, 0.25) is 11.8 Å². The maximum absolute atomic E-state index is 11.4. The van der Waals surface area contributed by atoms with E-state index < -0.39 is 0 Å². The highest BCUT2D eigenvalue weighted by molar-refractivity contribution is 5.76. The Bertz CT molecular complexity index is 351. The molecule has 0 radical (unpaired) electrons. The second-order valence-corrected chi connectivity index (χ2v) is 4.03. The molecule has 6 heteroatoms. The van der Waals surface area contributed by atoms with Crippen LogP contribution in [0.3, 0.4) is 0 Å². The van der Waals surface area contributed by atoms with Crippen LogP contribution in [-0.4, -0.2) is 28.6 Å². The van der Waals surface area contributed by atoms with Crippen molar-refractivity contribution in [2.75, 3.05) is 6.54 Å². The Hall–Kier alpha value is -1.43. The third-order valence-electron chi connectivity index (χ3n) is 2.40. The fourth-order valence-electron chi connectivity index (χ4n) is 1.26. The first-order valence-corrected chi connectivity index (χ1v) is 5.91. The highest BCUT2D eigenvalue weighted by Gasteiger charge is 2.05. The van der Waals surface area contributed by atoms with Crippen molar-refractivity contribution in [3.05, 3.63) is 11.7 Å². The van der Waals surface area contributed by atoms with E-state index in [0.717, 1.165) is 6.42 Å². The predicted octanol–water partition coefficient (Wildman–Crippen LogP) is 0.772. The lowest BCUT2D eigenvalue weighted by Crippen LogP contribution is -2.33. The van der Waals surface area contributed by atoms with Crippen molar-refractivity contribution in [2.24, 2.45) is 0 Å². The van der Waals surface area contributed by atoms with Crippen LogP contribution in [0.5, 0.6) is 0 Å². The van der Waals surface area contributed by atoms with Crippen LogP contribution in [0.25, 0.3) is 0 Å². The minimum absolute atomic E-state index is 0.0659. The van der Waals surface area contributed by atoms with Crippen LogP contribution in [-0.2, 0) is 11.3 Å². The first-order chi connectivity index (χ1) is 8.11. The van der Waals surface area contributed by atoms with Gasteiger partial charge in [0.05, 0.1) is 6.54 Å². The minimum Gasteiger partial charge on any atom is -0.354 e. The summed E-state index contributed by atoms with van der Waals surface area (Å²) in [4.78, 5) is 15.5. The molecule has 2 N–H and O–H groups in total. The number of hydrogen-bond donors (Lipinski definition) is 2. The molecule has 0 spiro atoms. The van der Waals surface area contributed by atoms with E-state index in [9.17, 15) is 4.79 Å². The van der Waals surface area contributed by atoms with E-state index in [1.54, 1.807) is 6.92 Å². The van der Waals surface area contributed by atoms with Crippen LogP contribution in [0.2, 0.25) is 0 Å². The van der Waals surface area contributed by atoms with Crippen molar-refractivity contribution in [1.82, 2.24) is 20.8 Å². The molecule has 1 aromatic heterocycles. The highest BCUT2D eigenvalue weighted by atomic mass is 16.5. The molecule has 1 atom stereocenters. The minimum atomic E-state index is 0.0659. The fraction of sp³-hybridized carbons (Fsp3) is 0.727. The average molecular weight is 240 g/mol. The number of carbonyl (C=O) groups excluding carboxylic acids is 1. The van der Waals surface area contributed by atoms with E-state index in [1.807, 2.05) is 13.8 Å². The summed E-state index contributed by atoms with van der Waals surface area (Å²) in [5.74, 6) is 1.23. The normalized spacial score (nSPS) is 12.4. The van der Waals surface area contributed by atoms with Crippen LogP contribution in [0.4, 0.5) is 0 Å². The van der Waals surface area contributed by atoms with Gasteiger partial charge >= 0.3 is 0 Å². The van der Waals surface area contributed by atoms with Crippen LogP contribution in [0.15, 0.2) is 4.52 Å². The van der Waals surface area contributed by atoms with Crippen molar-refractivity contribution in [1.29, 1.82) is 0 Å². The molecule has 0 saturated carbocycles. The van der Waals surface area contributed by atoms with E-state index in [-0.39, 0.29) is 11.9 Å². The lowest BCUT2D eigenvalue weighted by molar-refractivity contribution is -0.121. The van der Waals surface area contributed by atoms with Crippen molar-refractivity contribution in [2.45, 2.75) is 46.2 Å². The number of amides is 1. The Balaban J connectivity index is 2.10. The van der Waals surface area contributed by atoms with Gasteiger partial charge in [0, 0.05) is 25.9 Å². The van der Waals surface area contributed by atoms with E-state index in [0.29, 0.717) is 31.2 Å². The van der Waals surface area contributed by atoms with Crippen LogP contribution in [0.1, 0.15) is 38.4 Å². The highest BCUT2D eigenvalue weighted by Crippen LogP contribution is 1.94. The largest absolute Gasteiger partial charge is 0.354 e. The Kier molecular flexibility index (Phi) is 5.62. The second kappa shape index (κ2) is 7.01. The van der Waals surface area contributed by atoms with Gasteiger partial charge in [0.15, 0.2) is 5.82 Å². The first-order valence-electron chi connectivity index (χ1n) is 5.91. The average Bonchev–Trinajstić information content (AvgIpc) is 2.70. The molecular formula is C11H20N4O2. The van der Waals surface area contributed by atoms with Crippen molar-refractivity contribution < 1.29 is 9.32 Å². The van der Waals surface area contributed by atoms with Crippen LogP contribution < -0.4 is 10.6 Å². The molecule has 1 aromatic rings. The van der Waals surface area contributed by atoms with Gasteiger partial charge in [0.25, 0.3) is 0 Å². The Morgan fingerprint density at radius 1 is 1.53 bits per heavy atom. The van der Waals surface area contributed by atoms with Gasteiger partial charge in [-0.1, -0.05) is 12.1 Å². The molecule has 96 valence electrons. The smallest absolute Gasteiger partial charge is 0.223 e. The Morgan fingerprint density at radius 3 is 2.88 bits per heavy atom. The van der Waals surface area contributed by atoms with Gasteiger partial charge in [-0.3, -0.25) is 4.79 Å². The molecule has 0 bridgehead atoms. The quantitative estimate of drug-likeness (QED) is 0.688. The van der Waals surface area contributed by atoms with E-state index in [4.69, 9.17) is 4.52 Å². The van der Waals surface area contributed by atoms with Gasteiger partial charge in [-0.15, -0.1) is 0 Å². The third kappa shape index (κ3) is 5.44. The number of aromatic nitrogens is 2. The lowest BCUT2D eigenvalue weighted by Gasteiger charge is -2.11. The van der Waals surface area contributed by atoms with Crippen LogP contribution >= 0.6 is 0 Å². The van der Waals surface area contributed by atoms with E-state index in [2.05, 4.69) is 20.8 Å². The predicted molar refractivity (Wildman–Crippen MR) is 63.3 cm³/mol. The van der Waals surface area contributed by atoms with Gasteiger partial charge in [-0.25, -0.2) is 0 Å². The standard InChI is InChI=1S/C11H20N4O2/c1-4-8(2)13-11(16)5-6-12-7-10-14-9(3)17-15-10/h8,12H,4-7H2,1-3H3,(H,13,16). The summed E-state index contributed by atoms with van der Waals surface area (Å²) >= 11 is 0. The van der Waals surface area contributed by atoms with E-state index >= 15 is 0 Å². The molecule has 0 aromatic carbocycles. The molecule has 1 rings (SSSR count). The molecule has 17 heavy (non-hydrogen) atoms. The number of rotatable bonds is 7. The molecule has 0 saturated heterocycles. The number of aryl methyl sites for hydroxylation is 1. The molecule has 1 amide bonds. The summed E-state index contributed by atoms with van der Waals surface area (Å²) in [7, 11) is 0. The monoisotopic (exact) mass is 240 g/mol. The van der Waals surface area contributed by atoms with E-state index in [1.165, 1.54) is 0 Å². The zero-order valence-corrected chi connectivity index (χ0v) is 10.6. The summed E-state index contributed by atoms with van der Waals surface area (Å²) in [5, 5.41) is 9.74. The van der Waals surface area contributed by atoms with Crippen molar-refractivity contribution in [3.8, 4) is 0 Å². The first kappa shape index (κ1) is 13.6. The summed E-state index contributed by atoms with van der Waals surface area (Å²) in [6, 6.07) is 0.238. The van der Waals surface area contributed by atoms with Gasteiger partial charge in [-0.2, -0.15) is 4.98 Å². The topological polar surface area (TPSA) is 80.0 Å². The summed E-state index contributed by atoms with van der Waals surface area (Å²) in [6.07, 6.45) is 1.41. The second-order valence-electron chi connectivity index (χ2n) is 4.03. The Labute approximate surface area is 101 Å². The third-order valence-corrected chi connectivity index (χ3v) is 2.40. The molecule has 1 heterocycles. The number of carbonyl (C=O) groups is 1.